The van der Waals surface area contributed by atoms with Crippen LogP contribution < -0.4 is 4.72 Å². The van der Waals surface area contributed by atoms with Crippen LogP contribution in [0.4, 0.5) is 0 Å². The fourth-order valence-electron chi connectivity index (χ4n) is 3.43. The molecule has 0 saturated carbocycles. The lowest BCUT2D eigenvalue weighted by atomic mass is 10.0. The van der Waals surface area contributed by atoms with Crippen molar-refractivity contribution in [1.82, 2.24) is 9.62 Å². The van der Waals surface area contributed by atoms with Gasteiger partial charge >= 0.3 is 0 Å². The molecule has 1 amide bonds. The van der Waals surface area contributed by atoms with E-state index in [0.717, 1.165) is 22.3 Å². The van der Waals surface area contributed by atoms with Gasteiger partial charge in [-0.25, -0.2) is 13.1 Å². The lowest BCUT2D eigenvalue weighted by molar-refractivity contribution is 0.0710. The highest BCUT2D eigenvalue weighted by molar-refractivity contribution is 7.89. The number of amides is 1. The first kappa shape index (κ1) is 19.6. The second-order valence-corrected chi connectivity index (χ2v) is 9.03. The minimum Gasteiger partial charge on any atom is -0.339 e. The number of aryl methyl sites for hydroxylation is 3. The first-order valence-electron chi connectivity index (χ1n) is 9.22. The minimum atomic E-state index is -3.53. The summed E-state index contributed by atoms with van der Waals surface area (Å²) < 4.78 is 27.9. The van der Waals surface area contributed by atoms with E-state index in [0.29, 0.717) is 25.9 Å². The minimum absolute atomic E-state index is 0.0207. The van der Waals surface area contributed by atoms with E-state index < -0.39 is 10.0 Å². The van der Waals surface area contributed by atoms with Gasteiger partial charge in [0.15, 0.2) is 0 Å². The van der Waals surface area contributed by atoms with Gasteiger partial charge in [0.25, 0.3) is 5.91 Å². The van der Waals surface area contributed by atoms with Crippen molar-refractivity contribution in [1.29, 1.82) is 0 Å². The average molecular weight is 387 g/mol. The number of sulfonamides is 1. The van der Waals surface area contributed by atoms with Crippen molar-refractivity contribution in [3.63, 3.8) is 0 Å². The predicted octanol–water partition coefficient (Wildman–Crippen LogP) is 3.19. The summed E-state index contributed by atoms with van der Waals surface area (Å²) in [7, 11) is -3.53. The molecular formula is C21H26N2O3S. The van der Waals surface area contributed by atoms with Crippen LogP contribution in [-0.4, -0.2) is 38.4 Å². The number of rotatable bonds is 4. The first-order chi connectivity index (χ1) is 12.8. The SMILES string of the molecule is Cc1ccc(S(=O)(=O)NC2CCN(C(=O)c3ccc(C)cc3C)CC2)cc1. The molecule has 0 aromatic heterocycles. The van der Waals surface area contributed by atoms with Crippen molar-refractivity contribution in [2.75, 3.05) is 13.1 Å². The van der Waals surface area contributed by atoms with Crippen LogP contribution in [0.1, 0.15) is 39.9 Å². The lowest BCUT2D eigenvalue weighted by Gasteiger charge is -2.32. The highest BCUT2D eigenvalue weighted by atomic mass is 32.2. The fraction of sp³-hybridized carbons (Fsp3) is 0.381. The molecule has 0 aliphatic carbocycles. The predicted molar refractivity (Wildman–Crippen MR) is 106 cm³/mol. The second-order valence-electron chi connectivity index (χ2n) is 7.32. The van der Waals surface area contributed by atoms with Crippen LogP contribution in [0.25, 0.3) is 0 Å². The number of carbonyl (C=O) groups excluding carboxylic acids is 1. The van der Waals surface area contributed by atoms with E-state index >= 15 is 0 Å². The summed E-state index contributed by atoms with van der Waals surface area (Å²) in [6.07, 6.45) is 1.23. The number of hydrogen-bond acceptors (Lipinski definition) is 3. The van der Waals surface area contributed by atoms with Crippen LogP contribution in [0.5, 0.6) is 0 Å². The van der Waals surface area contributed by atoms with Gasteiger partial charge in [0.1, 0.15) is 0 Å². The van der Waals surface area contributed by atoms with Crippen LogP contribution in [0.3, 0.4) is 0 Å². The molecule has 1 saturated heterocycles. The monoisotopic (exact) mass is 386 g/mol. The number of likely N-dealkylation sites (tertiary alicyclic amines) is 1. The molecule has 1 fully saturated rings. The zero-order valence-electron chi connectivity index (χ0n) is 16.0. The van der Waals surface area contributed by atoms with Gasteiger partial charge in [-0.2, -0.15) is 0 Å². The van der Waals surface area contributed by atoms with E-state index in [-0.39, 0.29) is 16.8 Å². The van der Waals surface area contributed by atoms with Crippen molar-refractivity contribution >= 4 is 15.9 Å². The Morgan fingerprint density at radius 1 is 0.963 bits per heavy atom. The largest absolute Gasteiger partial charge is 0.339 e. The Morgan fingerprint density at radius 3 is 2.15 bits per heavy atom. The van der Waals surface area contributed by atoms with Crippen LogP contribution in [0.2, 0.25) is 0 Å². The van der Waals surface area contributed by atoms with Gasteiger partial charge in [-0.05, 0) is 57.4 Å². The van der Waals surface area contributed by atoms with Gasteiger partial charge in [0.05, 0.1) is 4.90 Å². The Morgan fingerprint density at radius 2 is 1.56 bits per heavy atom. The van der Waals surface area contributed by atoms with Crippen LogP contribution in [-0.2, 0) is 10.0 Å². The maximum absolute atomic E-state index is 12.8. The van der Waals surface area contributed by atoms with Crippen molar-refractivity contribution in [3.05, 3.63) is 64.7 Å². The molecule has 1 aliphatic heterocycles. The van der Waals surface area contributed by atoms with Crippen LogP contribution in [0.15, 0.2) is 47.4 Å². The second kappa shape index (κ2) is 7.82. The third-order valence-corrected chi connectivity index (χ3v) is 6.58. The van der Waals surface area contributed by atoms with Gasteiger partial charge < -0.3 is 4.90 Å². The number of piperidine rings is 1. The fourth-order valence-corrected chi connectivity index (χ4v) is 4.73. The highest BCUT2D eigenvalue weighted by Gasteiger charge is 2.27. The molecule has 144 valence electrons. The number of nitrogens with zero attached hydrogens (tertiary/aromatic N) is 1. The number of nitrogens with one attached hydrogen (secondary N) is 1. The zero-order chi connectivity index (χ0) is 19.6. The van der Waals surface area contributed by atoms with Gasteiger partial charge in [-0.15, -0.1) is 0 Å². The third-order valence-electron chi connectivity index (χ3n) is 5.05. The highest BCUT2D eigenvalue weighted by Crippen LogP contribution is 2.19. The Balaban J connectivity index is 1.61. The topological polar surface area (TPSA) is 66.5 Å². The van der Waals surface area contributed by atoms with E-state index in [1.807, 2.05) is 43.9 Å². The van der Waals surface area contributed by atoms with Crippen LogP contribution in [0, 0.1) is 20.8 Å². The normalized spacial score (nSPS) is 15.7. The summed E-state index contributed by atoms with van der Waals surface area (Å²) in [5.74, 6) is 0.0207. The first-order valence-corrected chi connectivity index (χ1v) is 10.7. The molecule has 27 heavy (non-hydrogen) atoms. The lowest BCUT2D eigenvalue weighted by Crippen LogP contribution is -2.46. The zero-order valence-corrected chi connectivity index (χ0v) is 16.8. The Labute approximate surface area is 161 Å². The Hall–Kier alpha value is -2.18. The maximum Gasteiger partial charge on any atom is 0.254 e. The molecule has 2 aromatic carbocycles. The molecule has 0 radical (unpaired) electrons. The van der Waals surface area contributed by atoms with Gasteiger partial charge in [0.2, 0.25) is 10.0 Å². The smallest absolute Gasteiger partial charge is 0.254 e. The van der Waals surface area contributed by atoms with Crippen molar-refractivity contribution < 1.29 is 13.2 Å². The molecule has 1 N–H and O–H groups in total. The van der Waals surface area contributed by atoms with Crippen molar-refractivity contribution in [2.24, 2.45) is 0 Å². The molecule has 1 heterocycles. The summed E-state index contributed by atoms with van der Waals surface area (Å²) in [6.45, 7) is 6.97. The summed E-state index contributed by atoms with van der Waals surface area (Å²) in [5, 5.41) is 0. The quantitative estimate of drug-likeness (QED) is 0.877. The van der Waals surface area contributed by atoms with Gasteiger partial charge in [0, 0.05) is 24.7 Å². The number of carbonyl (C=O) groups is 1. The molecular weight excluding hydrogens is 360 g/mol. The number of benzene rings is 2. The molecule has 1 aliphatic rings. The van der Waals surface area contributed by atoms with Crippen molar-refractivity contribution in [2.45, 2.75) is 44.6 Å². The Bertz CT molecular complexity index is 928. The van der Waals surface area contributed by atoms with E-state index in [1.54, 1.807) is 24.3 Å². The maximum atomic E-state index is 12.8. The summed E-state index contributed by atoms with van der Waals surface area (Å²) >= 11 is 0. The van der Waals surface area contributed by atoms with Crippen molar-refractivity contribution in [3.8, 4) is 0 Å². The van der Waals surface area contributed by atoms with Crippen LogP contribution >= 0.6 is 0 Å². The molecule has 2 aromatic rings. The molecule has 6 heteroatoms. The summed E-state index contributed by atoms with van der Waals surface area (Å²) in [4.78, 5) is 14.9. The average Bonchev–Trinajstić information content (AvgIpc) is 2.62. The van der Waals surface area contributed by atoms with E-state index in [1.165, 1.54) is 0 Å². The molecule has 0 atom stereocenters. The summed E-state index contributed by atoms with van der Waals surface area (Å²) in [6, 6.07) is 12.5. The van der Waals surface area contributed by atoms with E-state index in [2.05, 4.69) is 4.72 Å². The van der Waals surface area contributed by atoms with E-state index in [9.17, 15) is 13.2 Å². The summed E-state index contributed by atoms with van der Waals surface area (Å²) in [5.41, 5.74) is 3.85. The van der Waals surface area contributed by atoms with Gasteiger partial charge in [-0.1, -0.05) is 35.4 Å². The third kappa shape index (κ3) is 4.57. The standard InChI is InChI=1S/C21H26N2O3S/c1-15-4-7-19(8-5-15)27(25,26)22-18-10-12-23(13-11-18)21(24)20-9-6-16(2)14-17(20)3/h4-9,14,18,22H,10-13H2,1-3H3. The molecule has 5 nitrogen and oxygen atoms in total. The number of hydrogen-bond donors (Lipinski definition) is 1. The molecule has 0 bridgehead atoms. The van der Waals surface area contributed by atoms with Gasteiger partial charge in [-0.3, -0.25) is 4.79 Å². The molecule has 0 unspecified atom stereocenters. The Kier molecular flexibility index (Phi) is 5.67. The van der Waals surface area contributed by atoms with E-state index in [4.69, 9.17) is 0 Å². The molecule has 3 rings (SSSR count). The molecule has 0 spiro atoms.